The molecule has 0 amide bonds. The second-order valence-corrected chi connectivity index (χ2v) is 7.40. The van der Waals surface area contributed by atoms with E-state index >= 15 is 0 Å². The van der Waals surface area contributed by atoms with Gasteiger partial charge in [-0.1, -0.05) is 36.4 Å². The summed E-state index contributed by atoms with van der Waals surface area (Å²) in [6.45, 7) is 5.22. The molecule has 24 heavy (non-hydrogen) atoms. The number of benzene rings is 2. The van der Waals surface area contributed by atoms with E-state index in [0.717, 1.165) is 24.9 Å². The van der Waals surface area contributed by atoms with Gasteiger partial charge in [-0.25, -0.2) is 4.39 Å². The lowest BCUT2D eigenvalue weighted by Crippen LogP contribution is -2.31. The predicted molar refractivity (Wildman–Crippen MR) is 95.5 cm³/mol. The highest BCUT2D eigenvalue weighted by Crippen LogP contribution is 2.52. The van der Waals surface area contributed by atoms with Crippen molar-refractivity contribution in [1.82, 2.24) is 4.90 Å². The summed E-state index contributed by atoms with van der Waals surface area (Å²) in [5.41, 5.74) is 2.59. The molecule has 0 bridgehead atoms. The number of halogens is 1. The molecule has 0 aromatic heterocycles. The molecule has 0 spiro atoms. The molecule has 1 aliphatic rings. The van der Waals surface area contributed by atoms with Crippen LogP contribution in [0.3, 0.4) is 0 Å². The zero-order chi connectivity index (χ0) is 17.4. The largest absolute Gasteiger partial charge is 0.355 e. The summed E-state index contributed by atoms with van der Waals surface area (Å²) in [6.07, 6.45) is 1.88. The molecule has 1 heterocycles. The van der Waals surface area contributed by atoms with Crippen LogP contribution in [0.2, 0.25) is 0 Å². The zero-order valence-electron chi connectivity index (χ0n) is 15.0. The molecule has 128 valence electrons. The average Bonchev–Trinajstić information content (AvgIpc) is 2.77. The van der Waals surface area contributed by atoms with Crippen molar-refractivity contribution in [3.8, 4) is 0 Å². The van der Waals surface area contributed by atoms with Crippen molar-refractivity contribution in [2.75, 3.05) is 20.6 Å². The standard InChI is InChI=1S/C21H26FNO/c1-20(2)18-8-5-6-9-19(18)21(24-20,14-7-15-23(3)4)16-10-12-17(22)13-11-16/h5-6,8-13H,7,14-15H2,1-4H3. The minimum Gasteiger partial charge on any atom is -0.355 e. The van der Waals surface area contributed by atoms with Gasteiger partial charge >= 0.3 is 0 Å². The monoisotopic (exact) mass is 327 g/mol. The van der Waals surface area contributed by atoms with Gasteiger partial charge in [0.05, 0.1) is 5.60 Å². The van der Waals surface area contributed by atoms with Crippen LogP contribution in [-0.2, 0) is 15.9 Å². The SMILES string of the molecule is CN(C)CCCC1(c2ccc(F)cc2)OC(C)(C)c2ccccc21. The fraction of sp³-hybridized carbons (Fsp3) is 0.429. The van der Waals surface area contributed by atoms with E-state index in [9.17, 15) is 4.39 Å². The third-order valence-electron chi connectivity index (χ3n) is 4.88. The summed E-state index contributed by atoms with van der Waals surface area (Å²) >= 11 is 0. The number of nitrogens with zero attached hydrogens (tertiary/aromatic N) is 1. The van der Waals surface area contributed by atoms with Gasteiger partial charge in [0.1, 0.15) is 11.4 Å². The Morgan fingerprint density at radius 1 is 0.958 bits per heavy atom. The van der Waals surface area contributed by atoms with Crippen LogP contribution in [0, 0.1) is 5.82 Å². The van der Waals surface area contributed by atoms with Gasteiger partial charge in [0.25, 0.3) is 0 Å². The molecular formula is C21H26FNO. The summed E-state index contributed by atoms with van der Waals surface area (Å²) in [6, 6.07) is 15.2. The van der Waals surface area contributed by atoms with Crippen LogP contribution in [0.4, 0.5) is 4.39 Å². The van der Waals surface area contributed by atoms with Crippen LogP contribution in [0.5, 0.6) is 0 Å². The van der Waals surface area contributed by atoms with Gasteiger partial charge < -0.3 is 9.64 Å². The highest BCUT2D eigenvalue weighted by Gasteiger charge is 2.49. The molecule has 1 aliphatic heterocycles. The fourth-order valence-electron chi connectivity index (χ4n) is 3.81. The van der Waals surface area contributed by atoms with Crippen molar-refractivity contribution in [3.63, 3.8) is 0 Å². The lowest BCUT2D eigenvalue weighted by molar-refractivity contribution is -0.107. The Hall–Kier alpha value is -1.71. The molecule has 0 saturated heterocycles. The molecule has 2 aromatic carbocycles. The maximum atomic E-state index is 13.5. The number of ether oxygens (including phenoxy) is 1. The molecular weight excluding hydrogens is 301 g/mol. The van der Waals surface area contributed by atoms with E-state index in [-0.39, 0.29) is 11.4 Å². The first-order valence-electron chi connectivity index (χ1n) is 8.56. The van der Waals surface area contributed by atoms with E-state index in [1.807, 2.05) is 12.1 Å². The smallest absolute Gasteiger partial charge is 0.123 e. The fourth-order valence-corrected chi connectivity index (χ4v) is 3.81. The lowest BCUT2D eigenvalue weighted by atomic mass is 9.81. The van der Waals surface area contributed by atoms with Crippen LogP contribution < -0.4 is 0 Å². The van der Waals surface area contributed by atoms with Crippen molar-refractivity contribution < 1.29 is 9.13 Å². The molecule has 0 saturated carbocycles. The molecule has 3 rings (SSSR count). The average molecular weight is 327 g/mol. The summed E-state index contributed by atoms with van der Waals surface area (Å²) < 4.78 is 20.1. The van der Waals surface area contributed by atoms with E-state index in [2.05, 4.69) is 57.1 Å². The van der Waals surface area contributed by atoms with Gasteiger partial charge in [-0.15, -0.1) is 0 Å². The second kappa shape index (κ2) is 6.30. The first-order chi connectivity index (χ1) is 11.3. The molecule has 1 atom stereocenters. The summed E-state index contributed by atoms with van der Waals surface area (Å²) in [5, 5.41) is 0. The molecule has 2 nitrogen and oxygen atoms in total. The molecule has 2 aromatic rings. The Labute approximate surface area is 144 Å². The topological polar surface area (TPSA) is 12.5 Å². The normalized spacial score (nSPS) is 21.9. The first kappa shape index (κ1) is 17.1. The molecule has 0 radical (unpaired) electrons. The second-order valence-electron chi connectivity index (χ2n) is 7.40. The van der Waals surface area contributed by atoms with Crippen LogP contribution in [0.25, 0.3) is 0 Å². The molecule has 1 unspecified atom stereocenters. The van der Waals surface area contributed by atoms with Gasteiger partial charge in [0, 0.05) is 0 Å². The third kappa shape index (κ3) is 2.99. The Kier molecular flexibility index (Phi) is 4.50. The number of rotatable bonds is 5. The van der Waals surface area contributed by atoms with Gasteiger partial charge in [-0.2, -0.15) is 0 Å². The molecule has 3 heteroatoms. The highest BCUT2D eigenvalue weighted by atomic mass is 19.1. The Morgan fingerprint density at radius 2 is 1.58 bits per heavy atom. The van der Waals surface area contributed by atoms with E-state index in [4.69, 9.17) is 4.74 Å². The molecule has 0 N–H and O–H groups in total. The van der Waals surface area contributed by atoms with Crippen molar-refractivity contribution in [3.05, 3.63) is 71.0 Å². The lowest BCUT2D eigenvalue weighted by Gasteiger charge is -2.34. The van der Waals surface area contributed by atoms with E-state index in [1.165, 1.54) is 23.3 Å². The number of fused-ring (bicyclic) bond motifs is 1. The third-order valence-corrected chi connectivity index (χ3v) is 4.88. The van der Waals surface area contributed by atoms with Crippen molar-refractivity contribution in [1.29, 1.82) is 0 Å². The quantitative estimate of drug-likeness (QED) is 0.791. The van der Waals surface area contributed by atoms with Gasteiger partial charge in [0.2, 0.25) is 0 Å². The highest BCUT2D eigenvalue weighted by molar-refractivity contribution is 5.47. The number of hydrogen-bond donors (Lipinski definition) is 0. The predicted octanol–water partition coefficient (Wildman–Crippen LogP) is 4.68. The van der Waals surface area contributed by atoms with Gasteiger partial charge in [-0.05, 0) is 76.2 Å². The Morgan fingerprint density at radius 3 is 2.21 bits per heavy atom. The van der Waals surface area contributed by atoms with Crippen LogP contribution in [0.15, 0.2) is 48.5 Å². The minimum absolute atomic E-state index is 0.215. The van der Waals surface area contributed by atoms with Crippen molar-refractivity contribution in [2.24, 2.45) is 0 Å². The van der Waals surface area contributed by atoms with Crippen molar-refractivity contribution in [2.45, 2.75) is 37.9 Å². The summed E-state index contributed by atoms with van der Waals surface area (Å²) in [7, 11) is 4.16. The van der Waals surface area contributed by atoms with E-state index in [1.54, 1.807) is 0 Å². The zero-order valence-corrected chi connectivity index (χ0v) is 15.0. The first-order valence-corrected chi connectivity index (χ1v) is 8.56. The maximum Gasteiger partial charge on any atom is 0.123 e. The summed E-state index contributed by atoms with van der Waals surface area (Å²) in [5.74, 6) is -0.215. The van der Waals surface area contributed by atoms with Gasteiger partial charge in [-0.3, -0.25) is 0 Å². The number of hydrogen-bond acceptors (Lipinski definition) is 2. The van der Waals surface area contributed by atoms with E-state index < -0.39 is 5.60 Å². The van der Waals surface area contributed by atoms with Crippen LogP contribution in [0.1, 0.15) is 43.4 Å². The Balaban J connectivity index is 2.08. The van der Waals surface area contributed by atoms with Gasteiger partial charge in [0.15, 0.2) is 0 Å². The molecule has 0 fully saturated rings. The van der Waals surface area contributed by atoms with Crippen LogP contribution >= 0.6 is 0 Å². The summed E-state index contributed by atoms with van der Waals surface area (Å²) in [4.78, 5) is 2.18. The van der Waals surface area contributed by atoms with E-state index in [0.29, 0.717) is 0 Å². The van der Waals surface area contributed by atoms with Crippen LogP contribution in [-0.4, -0.2) is 25.5 Å². The Bertz CT molecular complexity index is 708. The van der Waals surface area contributed by atoms with Crippen molar-refractivity contribution >= 4 is 0 Å². The molecule has 0 aliphatic carbocycles. The maximum absolute atomic E-state index is 13.5. The minimum atomic E-state index is -0.510.